The zero-order valence-electron chi connectivity index (χ0n) is 19.6. The van der Waals surface area contributed by atoms with Gasteiger partial charge in [0.25, 0.3) is 0 Å². The summed E-state index contributed by atoms with van der Waals surface area (Å²) in [6.07, 6.45) is -0.306. The molecule has 3 nitrogen and oxygen atoms in total. The molecule has 0 radical (unpaired) electrons. The third-order valence-corrected chi connectivity index (χ3v) is 6.19. The summed E-state index contributed by atoms with van der Waals surface area (Å²) in [5.74, 6) is -8.36. The number of hydrogen-bond donors (Lipinski definition) is 0. The quantitative estimate of drug-likeness (QED) is 0.306. The van der Waals surface area contributed by atoms with Crippen molar-refractivity contribution in [1.82, 2.24) is 0 Å². The van der Waals surface area contributed by atoms with Crippen molar-refractivity contribution in [1.29, 1.82) is 0 Å². The third-order valence-electron chi connectivity index (χ3n) is 6.19. The molecule has 1 saturated heterocycles. The molecule has 1 fully saturated rings. The van der Waals surface area contributed by atoms with Crippen molar-refractivity contribution in [2.75, 3.05) is 19.8 Å². The van der Waals surface area contributed by atoms with Crippen LogP contribution in [0, 0.1) is 34.9 Å². The van der Waals surface area contributed by atoms with E-state index in [-0.39, 0.29) is 48.9 Å². The summed E-state index contributed by atoms with van der Waals surface area (Å²) in [5.41, 5.74) is -0.878. The fourth-order valence-electron chi connectivity index (χ4n) is 4.40. The molecule has 0 bridgehead atoms. The summed E-state index contributed by atoms with van der Waals surface area (Å²) < 4.78 is 103. The van der Waals surface area contributed by atoms with Crippen molar-refractivity contribution >= 4 is 0 Å². The first kappa shape index (κ1) is 25.9. The van der Waals surface area contributed by atoms with Crippen LogP contribution in [-0.2, 0) is 4.74 Å². The highest BCUT2D eigenvalue weighted by molar-refractivity contribution is 5.66. The molecule has 3 aromatic carbocycles. The molecule has 0 aromatic heterocycles. The highest BCUT2D eigenvalue weighted by atomic mass is 19.2. The molecular weight excluding hydrogens is 486 g/mol. The van der Waals surface area contributed by atoms with Gasteiger partial charge in [0.2, 0.25) is 11.6 Å². The zero-order chi connectivity index (χ0) is 26.0. The average Bonchev–Trinajstić information content (AvgIpc) is 2.88. The Morgan fingerprint density at radius 2 is 1.14 bits per heavy atom. The highest BCUT2D eigenvalue weighted by Crippen LogP contribution is 2.40. The SMILES string of the molecule is CCOc1ccc(-c2ccc(C3CCC(c4ccc(OCC)c(F)c4F)CO3)c(F)c2F)c(F)c1F. The predicted molar refractivity (Wildman–Crippen MR) is 121 cm³/mol. The Balaban J connectivity index is 1.53. The number of benzene rings is 3. The summed E-state index contributed by atoms with van der Waals surface area (Å²) in [5, 5.41) is 0. The van der Waals surface area contributed by atoms with Crippen molar-refractivity contribution in [2.45, 2.75) is 38.7 Å². The Hall–Kier alpha value is -3.20. The minimum atomic E-state index is -1.35. The van der Waals surface area contributed by atoms with Gasteiger partial charge in [0.15, 0.2) is 34.8 Å². The van der Waals surface area contributed by atoms with E-state index in [1.165, 1.54) is 18.2 Å². The van der Waals surface area contributed by atoms with Crippen molar-refractivity contribution in [3.63, 3.8) is 0 Å². The number of hydrogen-bond acceptors (Lipinski definition) is 3. The molecule has 0 N–H and O–H groups in total. The van der Waals surface area contributed by atoms with E-state index < -0.39 is 58.1 Å². The van der Waals surface area contributed by atoms with E-state index >= 15 is 0 Å². The topological polar surface area (TPSA) is 27.7 Å². The second kappa shape index (κ2) is 10.8. The van der Waals surface area contributed by atoms with Gasteiger partial charge >= 0.3 is 0 Å². The molecule has 0 saturated carbocycles. The molecule has 192 valence electrons. The van der Waals surface area contributed by atoms with Crippen LogP contribution in [0.3, 0.4) is 0 Å². The molecule has 2 atom stereocenters. The van der Waals surface area contributed by atoms with E-state index in [4.69, 9.17) is 14.2 Å². The van der Waals surface area contributed by atoms with Gasteiger partial charge in [-0.3, -0.25) is 0 Å². The Bertz CT molecular complexity index is 1250. The van der Waals surface area contributed by atoms with Crippen LogP contribution in [0.1, 0.15) is 49.8 Å². The molecule has 1 aliphatic rings. The van der Waals surface area contributed by atoms with Gasteiger partial charge < -0.3 is 14.2 Å². The molecule has 3 aromatic rings. The largest absolute Gasteiger partial charge is 0.491 e. The highest BCUT2D eigenvalue weighted by Gasteiger charge is 2.31. The van der Waals surface area contributed by atoms with Crippen molar-refractivity contribution < 1.29 is 40.6 Å². The molecule has 0 amide bonds. The molecule has 9 heteroatoms. The summed E-state index contributed by atoms with van der Waals surface area (Å²) >= 11 is 0. The van der Waals surface area contributed by atoms with Crippen LogP contribution in [0.5, 0.6) is 11.5 Å². The lowest BCUT2D eigenvalue weighted by molar-refractivity contribution is -0.000659. The van der Waals surface area contributed by atoms with Gasteiger partial charge in [-0.1, -0.05) is 18.2 Å². The first-order valence-electron chi connectivity index (χ1n) is 11.6. The van der Waals surface area contributed by atoms with Crippen molar-refractivity contribution in [3.8, 4) is 22.6 Å². The molecule has 1 heterocycles. The van der Waals surface area contributed by atoms with E-state index in [2.05, 4.69) is 0 Å². The Morgan fingerprint density at radius 3 is 1.72 bits per heavy atom. The van der Waals surface area contributed by atoms with Crippen LogP contribution < -0.4 is 9.47 Å². The number of rotatable bonds is 7. The summed E-state index contributed by atoms with van der Waals surface area (Å²) in [6, 6.07) is 7.45. The van der Waals surface area contributed by atoms with Gasteiger partial charge in [-0.25, -0.2) is 17.6 Å². The molecule has 0 spiro atoms. The first-order chi connectivity index (χ1) is 17.3. The predicted octanol–water partition coefficient (Wildman–Crippen LogP) is 7.62. The van der Waals surface area contributed by atoms with E-state index in [0.717, 1.165) is 18.2 Å². The van der Waals surface area contributed by atoms with Gasteiger partial charge in [0.05, 0.1) is 25.9 Å². The van der Waals surface area contributed by atoms with Crippen LogP contribution in [0.4, 0.5) is 26.3 Å². The van der Waals surface area contributed by atoms with Crippen LogP contribution in [-0.4, -0.2) is 19.8 Å². The van der Waals surface area contributed by atoms with Crippen LogP contribution in [0.15, 0.2) is 36.4 Å². The fourth-order valence-corrected chi connectivity index (χ4v) is 4.40. The van der Waals surface area contributed by atoms with Crippen molar-refractivity contribution in [2.24, 2.45) is 0 Å². The second-order valence-corrected chi connectivity index (χ2v) is 8.31. The lowest BCUT2D eigenvalue weighted by Gasteiger charge is -2.30. The van der Waals surface area contributed by atoms with E-state index in [1.54, 1.807) is 13.8 Å². The Kier molecular flexibility index (Phi) is 7.78. The number of ether oxygens (including phenoxy) is 3. The smallest absolute Gasteiger partial charge is 0.201 e. The standard InChI is InChI=1S/C27H24F6O3/c1-3-34-20-11-8-15(22(28)26(20)32)14-5-10-19(36-13-14)18-7-6-16(23(29)25(18)31)17-9-12-21(35-4-2)27(33)24(17)30/h6-9,11-12,14,19H,3-5,10,13H2,1-2H3. The van der Waals surface area contributed by atoms with Gasteiger partial charge in [0, 0.05) is 22.6 Å². The molecule has 36 heavy (non-hydrogen) atoms. The van der Waals surface area contributed by atoms with Gasteiger partial charge in [0.1, 0.15) is 0 Å². The minimum absolute atomic E-state index is 0.0451. The lowest BCUT2D eigenvalue weighted by Crippen LogP contribution is -2.21. The van der Waals surface area contributed by atoms with Gasteiger partial charge in [-0.05, 0) is 50.5 Å². The average molecular weight is 510 g/mol. The summed E-state index contributed by atoms with van der Waals surface area (Å²) in [7, 11) is 0. The van der Waals surface area contributed by atoms with Crippen LogP contribution >= 0.6 is 0 Å². The molecule has 1 aliphatic heterocycles. The monoisotopic (exact) mass is 510 g/mol. The third kappa shape index (κ3) is 4.76. The zero-order valence-corrected chi connectivity index (χ0v) is 19.6. The lowest BCUT2D eigenvalue weighted by atomic mass is 9.88. The first-order valence-corrected chi connectivity index (χ1v) is 11.6. The Morgan fingerprint density at radius 1 is 0.639 bits per heavy atom. The Labute approximate surface area is 204 Å². The van der Waals surface area contributed by atoms with E-state index in [0.29, 0.717) is 6.42 Å². The molecule has 2 unspecified atom stereocenters. The molecule has 0 aliphatic carbocycles. The maximum absolute atomic E-state index is 15.0. The summed E-state index contributed by atoms with van der Waals surface area (Å²) in [4.78, 5) is 0. The van der Waals surface area contributed by atoms with E-state index in [1.807, 2.05) is 0 Å². The summed E-state index contributed by atoms with van der Waals surface area (Å²) in [6.45, 7) is 3.50. The normalized spacial score (nSPS) is 17.8. The maximum Gasteiger partial charge on any atom is 0.201 e. The minimum Gasteiger partial charge on any atom is -0.491 e. The molecular formula is C27H24F6O3. The van der Waals surface area contributed by atoms with Gasteiger partial charge in [-0.15, -0.1) is 0 Å². The van der Waals surface area contributed by atoms with Gasteiger partial charge in [-0.2, -0.15) is 8.78 Å². The van der Waals surface area contributed by atoms with Crippen LogP contribution in [0.25, 0.3) is 11.1 Å². The van der Waals surface area contributed by atoms with Crippen molar-refractivity contribution in [3.05, 3.63) is 82.4 Å². The molecule has 4 rings (SSSR count). The van der Waals surface area contributed by atoms with Crippen LogP contribution in [0.2, 0.25) is 0 Å². The van der Waals surface area contributed by atoms with E-state index in [9.17, 15) is 26.3 Å². The maximum atomic E-state index is 15.0. The fraction of sp³-hybridized carbons (Fsp3) is 0.333. The second-order valence-electron chi connectivity index (χ2n) is 8.31. The number of halogens is 6.